The van der Waals surface area contributed by atoms with Crippen LogP contribution in [0.15, 0.2) is 42.6 Å². The molecule has 1 aromatic carbocycles. The van der Waals surface area contributed by atoms with Crippen molar-refractivity contribution in [1.29, 1.82) is 0 Å². The number of hydrogen-bond donors (Lipinski definition) is 2. The molecule has 8 heteroatoms. The molecule has 4 nitrogen and oxygen atoms in total. The second-order valence-electron chi connectivity index (χ2n) is 6.12. The van der Waals surface area contributed by atoms with Crippen LogP contribution in [0.2, 0.25) is 0 Å². The van der Waals surface area contributed by atoms with Gasteiger partial charge in [0, 0.05) is 23.4 Å². The lowest BCUT2D eigenvalue weighted by Gasteiger charge is -2.32. The first kappa shape index (κ1) is 18.3. The summed E-state index contributed by atoms with van der Waals surface area (Å²) in [5.41, 5.74) is 3.08. The van der Waals surface area contributed by atoms with E-state index in [1.807, 2.05) is 0 Å². The van der Waals surface area contributed by atoms with Gasteiger partial charge in [0.15, 0.2) is 5.41 Å². The Balaban J connectivity index is 2.26. The van der Waals surface area contributed by atoms with Crippen LogP contribution in [0.5, 0.6) is 0 Å². The Morgan fingerprint density at radius 3 is 2.58 bits per heavy atom. The van der Waals surface area contributed by atoms with E-state index in [0.717, 1.165) is 37.2 Å². The zero-order valence-electron chi connectivity index (χ0n) is 13.6. The molecule has 26 heavy (non-hydrogen) atoms. The predicted molar refractivity (Wildman–Crippen MR) is 94.3 cm³/mol. The van der Waals surface area contributed by atoms with Gasteiger partial charge in [0.1, 0.15) is 10.8 Å². The molecule has 0 radical (unpaired) electrons. The number of nitrogens with zero attached hydrogens (tertiary/aromatic N) is 1. The Morgan fingerprint density at radius 2 is 2.00 bits per heavy atom. The van der Waals surface area contributed by atoms with Crippen molar-refractivity contribution >= 4 is 23.1 Å². The lowest BCUT2D eigenvalue weighted by Crippen LogP contribution is -2.54. The van der Waals surface area contributed by atoms with Crippen LogP contribution in [0.3, 0.4) is 0 Å². The van der Waals surface area contributed by atoms with Crippen LogP contribution in [0.25, 0.3) is 0 Å². The first-order chi connectivity index (χ1) is 12.4. The quantitative estimate of drug-likeness (QED) is 0.757. The Bertz CT molecular complexity index is 857. The number of benzene rings is 1. The number of amides is 1. The summed E-state index contributed by atoms with van der Waals surface area (Å²) in [7, 11) is 0. The van der Waals surface area contributed by atoms with E-state index in [2.05, 4.69) is 10.3 Å². The summed E-state index contributed by atoms with van der Waals surface area (Å²) in [5.74, 6) is -1.71. The molecule has 1 atom stereocenters. The van der Waals surface area contributed by atoms with E-state index in [1.54, 1.807) is 0 Å². The zero-order chi connectivity index (χ0) is 18.9. The van der Waals surface area contributed by atoms with Gasteiger partial charge >= 0.3 is 0 Å². The molecule has 1 aliphatic carbocycles. The van der Waals surface area contributed by atoms with E-state index in [9.17, 15) is 18.0 Å². The van der Waals surface area contributed by atoms with Gasteiger partial charge in [0.25, 0.3) is 6.43 Å². The molecule has 1 fully saturated rings. The Morgan fingerprint density at radius 1 is 1.31 bits per heavy atom. The number of nitrogens with two attached hydrogens (primary N) is 1. The maximum absolute atomic E-state index is 14.6. The number of carbonyl (C=O) groups excluding carboxylic acids is 1. The fraction of sp³-hybridized carbons (Fsp3) is 0.278. The highest BCUT2D eigenvalue weighted by Crippen LogP contribution is 2.36. The van der Waals surface area contributed by atoms with E-state index in [4.69, 9.17) is 18.0 Å². The van der Waals surface area contributed by atoms with Crippen molar-refractivity contribution in [2.24, 2.45) is 5.73 Å². The average molecular weight is 379 g/mol. The molecule has 3 N–H and O–H groups in total. The fourth-order valence-corrected chi connectivity index (χ4v) is 3.30. The Hall–Kier alpha value is -2.48. The first-order valence-corrected chi connectivity index (χ1v) is 8.38. The normalized spacial score (nSPS) is 16.2. The number of hydrogen-bond acceptors (Lipinski definition) is 3. The third-order valence-corrected chi connectivity index (χ3v) is 4.74. The number of alkyl halides is 2. The van der Waals surface area contributed by atoms with Gasteiger partial charge in [-0.2, -0.15) is 0 Å². The summed E-state index contributed by atoms with van der Waals surface area (Å²) in [5, 5.41) is 2.99. The van der Waals surface area contributed by atoms with Crippen molar-refractivity contribution < 1.29 is 18.0 Å². The standard InChI is InChI=1S/C18H16F3N3OS/c19-13-4-2-1-3-12(13)18(16(22)25,17(26)24-11-5-6-11)14-9-10(15(20)21)7-8-23-14/h1-4,7-9,11,15H,5-6H2,(H2,22,25)(H,24,26). The minimum absolute atomic E-state index is 0.0449. The van der Waals surface area contributed by atoms with Crippen molar-refractivity contribution in [3.05, 3.63) is 65.2 Å². The van der Waals surface area contributed by atoms with Gasteiger partial charge in [-0.05, 0) is 31.0 Å². The van der Waals surface area contributed by atoms with E-state index in [0.29, 0.717) is 0 Å². The number of primary amides is 1. The van der Waals surface area contributed by atoms with Crippen molar-refractivity contribution in [3.8, 4) is 0 Å². The van der Waals surface area contributed by atoms with Crippen LogP contribution >= 0.6 is 12.2 Å². The van der Waals surface area contributed by atoms with E-state index in [1.165, 1.54) is 18.2 Å². The number of rotatable bonds is 6. The van der Waals surface area contributed by atoms with Gasteiger partial charge in [-0.1, -0.05) is 30.4 Å². The van der Waals surface area contributed by atoms with E-state index < -0.39 is 23.6 Å². The fourth-order valence-electron chi connectivity index (χ4n) is 2.82. The minimum atomic E-state index is -2.78. The summed E-state index contributed by atoms with van der Waals surface area (Å²) in [6.45, 7) is 0. The molecule has 2 aromatic rings. The highest BCUT2D eigenvalue weighted by atomic mass is 32.1. The van der Waals surface area contributed by atoms with Crippen LogP contribution in [-0.4, -0.2) is 21.9 Å². The second kappa shape index (κ2) is 7.03. The maximum Gasteiger partial charge on any atom is 0.263 e. The smallest absolute Gasteiger partial charge is 0.263 e. The number of pyridine rings is 1. The molecule has 1 saturated carbocycles. The monoisotopic (exact) mass is 379 g/mol. The molecule has 0 spiro atoms. The Labute approximate surface area is 153 Å². The number of aromatic nitrogens is 1. The molecule has 1 amide bonds. The second-order valence-corrected chi connectivity index (χ2v) is 6.53. The van der Waals surface area contributed by atoms with Gasteiger partial charge in [-0.3, -0.25) is 9.78 Å². The number of nitrogens with one attached hydrogen (secondary N) is 1. The molecule has 136 valence electrons. The molecule has 0 aliphatic heterocycles. The SMILES string of the molecule is NC(=O)C(C(=S)NC1CC1)(c1cc(C(F)F)ccn1)c1ccccc1F. The lowest BCUT2D eigenvalue weighted by atomic mass is 9.75. The van der Waals surface area contributed by atoms with Crippen LogP contribution in [0.1, 0.15) is 36.1 Å². The van der Waals surface area contributed by atoms with Crippen molar-refractivity contribution in [2.45, 2.75) is 30.7 Å². The largest absolute Gasteiger partial charge is 0.375 e. The molecular weight excluding hydrogens is 363 g/mol. The van der Waals surface area contributed by atoms with E-state index >= 15 is 0 Å². The highest BCUT2D eigenvalue weighted by molar-refractivity contribution is 7.80. The van der Waals surface area contributed by atoms with Crippen molar-refractivity contribution in [2.75, 3.05) is 0 Å². The Kier molecular flexibility index (Phi) is 4.95. The number of thiocarbonyl (C=S) groups is 1. The first-order valence-electron chi connectivity index (χ1n) is 7.97. The molecule has 1 aromatic heterocycles. The summed E-state index contributed by atoms with van der Waals surface area (Å²) in [4.78, 5) is 16.6. The summed E-state index contributed by atoms with van der Waals surface area (Å²) >= 11 is 5.41. The number of halogens is 3. The summed E-state index contributed by atoms with van der Waals surface area (Å²) < 4.78 is 41.0. The van der Waals surface area contributed by atoms with Gasteiger partial charge in [0.05, 0.1) is 5.69 Å². The maximum atomic E-state index is 14.6. The van der Waals surface area contributed by atoms with Crippen LogP contribution < -0.4 is 11.1 Å². The lowest BCUT2D eigenvalue weighted by molar-refractivity contribution is -0.120. The van der Waals surface area contributed by atoms with Gasteiger partial charge < -0.3 is 11.1 Å². The molecule has 1 aliphatic rings. The molecule has 0 bridgehead atoms. The summed E-state index contributed by atoms with van der Waals surface area (Å²) in [6.07, 6.45) is 0.0377. The average Bonchev–Trinajstić information content (AvgIpc) is 3.41. The minimum Gasteiger partial charge on any atom is -0.375 e. The topological polar surface area (TPSA) is 68.0 Å². The van der Waals surface area contributed by atoms with E-state index in [-0.39, 0.29) is 27.9 Å². The molecular formula is C18H16F3N3OS. The van der Waals surface area contributed by atoms with Gasteiger partial charge in [-0.25, -0.2) is 13.2 Å². The molecule has 1 unspecified atom stereocenters. The van der Waals surface area contributed by atoms with Gasteiger partial charge in [-0.15, -0.1) is 0 Å². The number of carbonyl (C=O) groups is 1. The predicted octanol–water partition coefficient (Wildman–Crippen LogP) is 3.01. The molecule has 3 rings (SSSR count). The zero-order valence-corrected chi connectivity index (χ0v) is 14.4. The van der Waals surface area contributed by atoms with Crippen LogP contribution in [0, 0.1) is 5.82 Å². The van der Waals surface area contributed by atoms with Crippen molar-refractivity contribution in [1.82, 2.24) is 10.3 Å². The third kappa shape index (κ3) is 3.16. The van der Waals surface area contributed by atoms with Crippen molar-refractivity contribution in [3.63, 3.8) is 0 Å². The van der Waals surface area contributed by atoms with Crippen LogP contribution in [-0.2, 0) is 10.2 Å². The van der Waals surface area contributed by atoms with Gasteiger partial charge in [0.2, 0.25) is 5.91 Å². The highest BCUT2D eigenvalue weighted by Gasteiger charge is 2.49. The van der Waals surface area contributed by atoms with Crippen LogP contribution in [0.4, 0.5) is 13.2 Å². The molecule has 0 saturated heterocycles. The molecule has 1 heterocycles. The third-order valence-electron chi connectivity index (χ3n) is 4.32. The summed E-state index contributed by atoms with van der Waals surface area (Å²) in [6, 6.07) is 7.70.